The zero-order valence-electron chi connectivity index (χ0n) is 19.3. The Bertz CT molecular complexity index is 1260. The van der Waals surface area contributed by atoms with Gasteiger partial charge >= 0.3 is 0 Å². The molecule has 4 rings (SSSR count). The van der Waals surface area contributed by atoms with E-state index >= 15 is 0 Å². The molecule has 3 aromatic rings. The lowest BCUT2D eigenvalue weighted by Gasteiger charge is -2.14. The quantitative estimate of drug-likeness (QED) is 0.220. The lowest BCUT2D eigenvalue weighted by Crippen LogP contribution is -2.30. The van der Waals surface area contributed by atoms with Crippen LogP contribution in [0.4, 0.5) is 10.1 Å². The van der Waals surface area contributed by atoms with Gasteiger partial charge in [0.1, 0.15) is 18.2 Å². The van der Waals surface area contributed by atoms with Gasteiger partial charge in [-0.1, -0.05) is 49.0 Å². The summed E-state index contributed by atoms with van der Waals surface area (Å²) in [6.45, 7) is 6.21. The van der Waals surface area contributed by atoms with Crippen molar-refractivity contribution in [3.05, 3.63) is 111 Å². The summed E-state index contributed by atoms with van der Waals surface area (Å²) < 4.78 is 20.3. The minimum atomic E-state index is -0.295. The largest absolute Gasteiger partial charge is 0.487 e. The average Bonchev–Trinajstić information content (AvgIpc) is 3.17. The molecule has 3 aromatic carbocycles. The van der Waals surface area contributed by atoms with E-state index < -0.39 is 0 Å². The summed E-state index contributed by atoms with van der Waals surface area (Å²) in [5, 5.41) is 6.32. The van der Waals surface area contributed by atoms with E-state index in [2.05, 4.69) is 52.2 Å². The lowest BCUT2D eigenvalue weighted by atomic mass is 10.1. The molecule has 1 atom stereocenters. The fraction of sp³-hybridized carbons (Fsp3) is 0.179. The monoisotopic (exact) mass is 552 g/mol. The highest BCUT2D eigenvalue weighted by Crippen LogP contribution is 2.35. The Morgan fingerprint density at radius 1 is 1.17 bits per heavy atom. The maximum absolute atomic E-state index is 13.5. The Balaban J connectivity index is 1.50. The van der Waals surface area contributed by atoms with Crippen molar-refractivity contribution in [2.24, 2.45) is 0 Å². The molecule has 0 radical (unpaired) electrons. The van der Waals surface area contributed by atoms with E-state index in [1.165, 1.54) is 29.5 Å². The first-order chi connectivity index (χ1) is 16.9. The van der Waals surface area contributed by atoms with Crippen molar-refractivity contribution in [3.63, 3.8) is 0 Å². The first-order valence-electron chi connectivity index (χ1n) is 11.3. The number of rotatable bonds is 9. The highest BCUT2D eigenvalue weighted by molar-refractivity contribution is 9.10. The van der Waals surface area contributed by atoms with Gasteiger partial charge in [-0.3, -0.25) is 4.79 Å². The van der Waals surface area contributed by atoms with E-state index in [-0.39, 0.29) is 23.8 Å². The normalized spacial score (nSPS) is 16.3. The third-order valence-corrected chi connectivity index (χ3v) is 7.09. The maximum atomic E-state index is 13.5. The van der Waals surface area contributed by atoms with Gasteiger partial charge in [-0.05, 0) is 93.5 Å². The van der Waals surface area contributed by atoms with Crippen LogP contribution in [0.1, 0.15) is 29.2 Å². The highest BCUT2D eigenvalue weighted by atomic mass is 79.9. The second kappa shape index (κ2) is 11.6. The van der Waals surface area contributed by atoms with E-state index in [1.54, 1.807) is 12.1 Å². The summed E-state index contributed by atoms with van der Waals surface area (Å²) in [5.41, 5.74) is 4.52. The maximum Gasteiger partial charge on any atom is 0.260 e. The second-order valence-electron chi connectivity index (χ2n) is 8.08. The van der Waals surface area contributed by atoms with Gasteiger partial charge in [-0.2, -0.15) is 0 Å². The molecule has 0 bridgehead atoms. The number of anilines is 1. The van der Waals surface area contributed by atoms with Gasteiger partial charge in [0.2, 0.25) is 0 Å². The van der Waals surface area contributed by atoms with Crippen LogP contribution < -0.4 is 15.4 Å². The molecular formula is C28H26BrFN2O2S. The number of carbonyl (C=O) groups excluding carboxylic acids is 1. The van der Waals surface area contributed by atoms with Crippen molar-refractivity contribution in [1.82, 2.24) is 5.32 Å². The number of carbonyl (C=O) groups is 1. The molecule has 1 aliphatic heterocycles. The van der Waals surface area contributed by atoms with E-state index in [0.717, 1.165) is 33.3 Å². The molecular weight excluding hydrogens is 527 g/mol. The van der Waals surface area contributed by atoms with Gasteiger partial charge in [-0.25, -0.2) is 4.39 Å². The molecule has 35 heavy (non-hydrogen) atoms. The van der Waals surface area contributed by atoms with E-state index in [1.807, 2.05) is 36.4 Å². The number of ether oxygens (including phenoxy) is 1. The van der Waals surface area contributed by atoms with E-state index in [9.17, 15) is 9.18 Å². The Morgan fingerprint density at radius 2 is 1.97 bits per heavy atom. The van der Waals surface area contributed by atoms with Gasteiger partial charge < -0.3 is 15.4 Å². The predicted octanol–water partition coefficient (Wildman–Crippen LogP) is 7.06. The van der Waals surface area contributed by atoms with Crippen LogP contribution >= 0.6 is 27.7 Å². The number of thioether (sulfide) groups is 1. The van der Waals surface area contributed by atoms with Gasteiger partial charge in [0, 0.05) is 5.69 Å². The summed E-state index contributed by atoms with van der Waals surface area (Å²) >= 11 is 5.05. The number of halogens is 2. The lowest BCUT2D eigenvalue weighted by molar-refractivity contribution is -0.116. The molecule has 0 unspecified atom stereocenters. The van der Waals surface area contributed by atoms with Crippen LogP contribution in [0, 0.1) is 5.82 Å². The van der Waals surface area contributed by atoms with Crippen molar-refractivity contribution < 1.29 is 13.9 Å². The molecule has 0 aromatic heterocycles. The molecule has 1 fully saturated rings. The van der Waals surface area contributed by atoms with Crippen molar-refractivity contribution in [1.29, 1.82) is 0 Å². The molecule has 4 nitrogen and oxygen atoms in total. The van der Waals surface area contributed by atoms with Crippen molar-refractivity contribution in [2.75, 3.05) is 5.32 Å². The Labute approximate surface area is 217 Å². The van der Waals surface area contributed by atoms with Crippen LogP contribution in [0.3, 0.4) is 0 Å². The predicted molar refractivity (Wildman–Crippen MR) is 146 cm³/mol. The molecule has 7 heteroatoms. The number of amides is 1. The summed E-state index contributed by atoms with van der Waals surface area (Å²) in [7, 11) is 0. The molecule has 0 aliphatic carbocycles. The molecule has 1 aliphatic rings. The Kier molecular flexibility index (Phi) is 8.31. The molecule has 1 amide bonds. The minimum absolute atomic E-state index is 0.120. The molecule has 1 heterocycles. The topological polar surface area (TPSA) is 50.4 Å². The summed E-state index contributed by atoms with van der Waals surface area (Å²) in [6.07, 6.45) is 5.25. The Hall–Kier alpha value is -3.03. The molecule has 0 saturated carbocycles. The molecule has 1 saturated heterocycles. The zero-order valence-corrected chi connectivity index (χ0v) is 21.7. The van der Waals surface area contributed by atoms with Gasteiger partial charge in [0.05, 0.1) is 9.38 Å². The van der Waals surface area contributed by atoms with E-state index in [4.69, 9.17) is 4.74 Å². The number of aryl methyl sites for hydroxylation is 1. The molecule has 0 spiro atoms. The van der Waals surface area contributed by atoms with Gasteiger partial charge in [0.25, 0.3) is 5.91 Å². The fourth-order valence-corrected chi connectivity index (χ4v) is 5.33. The Morgan fingerprint density at radius 3 is 2.69 bits per heavy atom. The average molecular weight is 553 g/mol. The number of benzene rings is 3. The smallest absolute Gasteiger partial charge is 0.260 e. The zero-order chi connectivity index (χ0) is 24.8. The van der Waals surface area contributed by atoms with Gasteiger partial charge in [0.15, 0.2) is 5.50 Å². The summed E-state index contributed by atoms with van der Waals surface area (Å²) in [5.74, 6) is 0.261. The number of allylic oxidation sites excluding steroid dienone is 1. The van der Waals surface area contributed by atoms with Crippen molar-refractivity contribution in [2.45, 2.75) is 31.9 Å². The third-order valence-electron chi connectivity index (χ3n) is 5.47. The third kappa shape index (κ3) is 6.55. The van der Waals surface area contributed by atoms with Gasteiger partial charge in [-0.15, -0.1) is 6.58 Å². The van der Waals surface area contributed by atoms with Crippen LogP contribution in [0.15, 0.2) is 82.7 Å². The van der Waals surface area contributed by atoms with E-state index in [0.29, 0.717) is 17.1 Å². The van der Waals surface area contributed by atoms with Crippen LogP contribution in [0.5, 0.6) is 5.75 Å². The molecule has 180 valence electrons. The fourth-order valence-electron chi connectivity index (χ4n) is 3.71. The van der Waals surface area contributed by atoms with Crippen LogP contribution in [0.25, 0.3) is 6.08 Å². The second-order valence-corrected chi connectivity index (χ2v) is 10.1. The SMILES string of the molecule is C=CCc1cc(/C=C2\S[C@H](Nc3ccc(CC)cc3)NC2=O)cc(Br)c1OCc1cccc(F)c1. The first-order valence-corrected chi connectivity index (χ1v) is 13.0. The highest BCUT2D eigenvalue weighted by Gasteiger charge is 2.27. The minimum Gasteiger partial charge on any atom is -0.487 e. The molecule has 2 N–H and O–H groups in total. The van der Waals surface area contributed by atoms with Crippen LogP contribution in [0.2, 0.25) is 0 Å². The number of hydrogen-bond donors (Lipinski definition) is 2. The van der Waals surface area contributed by atoms with Crippen LogP contribution in [-0.2, 0) is 24.2 Å². The summed E-state index contributed by atoms with van der Waals surface area (Å²) in [4.78, 5) is 13.2. The van der Waals surface area contributed by atoms with Crippen molar-refractivity contribution in [3.8, 4) is 5.75 Å². The van der Waals surface area contributed by atoms with Crippen LogP contribution in [-0.4, -0.2) is 11.4 Å². The standard InChI is InChI=1S/C28H26BrFN2O2S/c1-3-6-21-13-20(15-24(29)26(21)34-17-19-7-5-8-22(30)14-19)16-25-27(33)32-28(35-25)31-23-11-9-18(4-2)10-12-23/h3,5,7-16,28,31H,1,4,6,17H2,2H3,(H,32,33)/b25-16-/t28-/m1/s1. The number of hydrogen-bond acceptors (Lipinski definition) is 4. The summed E-state index contributed by atoms with van der Waals surface area (Å²) in [6, 6.07) is 18.5. The first kappa shape index (κ1) is 25.1. The number of nitrogens with one attached hydrogen (secondary N) is 2. The van der Waals surface area contributed by atoms with Crippen molar-refractivity contribution >= 4 is 45.4 Å².